The lowest BCUT2D eigenvalue weighted by atomic mass is 10.0. The molecule has 0 saturated carbocycles. The minimum Gasteiger partial charge on any atom is -0.493 e. The molecule has 0 unspecified atom stereocenters. The molecule has 8 bridgehead atoms. The molecule has 0 radical (unpaired) electrons. The summed E-state index contributed by atoms with van der Waals surface area (Å²) in [6, 6.07) is 29.4. The summed E-state index contributed by atoms with van der Waals surface area (Å²) in [5.41, 5.74) is 11.7. The maximum Gasteiger partial charge on any atom is 0.119 e. The summed E-state index contributed by atoms with van der Waals surface area (Å²) in [7, 11) is 13.2. The van der Waals surface area contributed by atoms with Crippen molar-refractivity contribution in [2.45, 2.75) is 12.8 Å². The molecule has 0 fully saturated rings. The van der Waals surface area contributed by atoms with Crippen LogP contribution in [0.1, 0.15) is 35.6 Å². The van der Waals surface area contributed by atoms with Crippen molar-refractivity contribution >= 4 is 46.4 Å². The summed E-state index contributed by atoms with van der Waals surface area (Å²) in [4.78, 5) is 17.5. The number of hydrogen-bond donors (Lipinski definition) is 2. The van der Waals surface area contributed by atoms with E-state index in [0.717, 1.165) is 113 Å². The molecular formula is C44H50N6O2+2. The topological polar surface area (TPSA) is 75.8 Å². The van der Waals surface area contributed by atoms with Gasteiger partial charge >= 0.3 is 0 Å². The van der Waals surface area contributed by atoms with Gasteiger partial charge in [0.1, 0.15) is 11.5 Å². The minimum atomic E-state index is 0.692. The monoisotopic (exact) mass is 694 g/mol. The van der Waals surface area contributed by atoms with Crippen molar-refractivity contribution in [1.82, 2.24) is 19.9 Å². The number of aromatic nitrogens is 4. The van der Waals surface area contributed by atoms with E-state index in [2.05, 4.69) is 149 Å². The van der Waals surface area contributed by atoms with Crippen molar-refractivity contribution in [2.24, 2.45) is 0 Å². The summed E-state index contributed by atoms with van der Waals surface area (Å²) in [5.74, 6) is 1.74. The SMILES string of the molecule is C[N+](C)(C)CCCOc1ccc(-c2c3nc(cc4ccc([nH]4)c(-c4ccc(OCCC[N+](C)(C)C)cc4)c4ccc(cc5nc2C=C5)[nH]4)C=C3)cc1. The molecular weight excluding hydrogens is 645 g/mol. The molecule has 0 spiro atoms. The highest BCUT2D eigenvalue weighted by Gasteiger charge is 2.15. The van der Waals surface area contributed by atoms with Gasteiger partial charge in [-0.25, -0.2) is 9.97 Å². The van der Waals surface area contributed by atoms with Crippen LogP contribution < -0.4 is 9.47 Å². The molecule has 2 aliphatic rings. The van der Waals surface area contributed by atoms with Gasteiger partial charge in [-0.05, 0) is 96.1 Å². The van der Waals surface area contributed by atoms with E-state index in [9.17, 15) is 0 Å². The first-order valence-corrected chi connectivity index (χ1v) is 18.1. The first-order chi connectivity index (χ1) is 25.0. The summed E-state index contributed by atoms with van der Waals surface area (Å²) < 4.78 is 14.0. The van der Waals surface area contributed by atoms with Crippen molar-refractivity contribution in [1.29, 1.82) is 0 Å². The summed E-state index contributed by atoms with van der Waals surface area (Å²) in [5, 5.41) is 0. The van der Waals surface area contributed by atoms with E-state index < -0.39 is 0 Å². The highest BCUT2D eigenvalue weighted by molar-refractivity contribution is 5.94. The minimum absolute atomic E-state index is 0.692. The third-order valence-electron chi connectivity index (χ3n) is 9.17. The molecule has 5 aromatic rings. The number of aromatic amines is 2. The van der Waals surface area contributed by atoms with E-state index in [1.807, 2.05) is 12.1 Å². The maximum atomic E-state index is 6.09. The van der Waals surface area contributed by atoms with Crippen molar-refractivity contribution in [3.63, 3.8) is 0 Å². The van der Waals surface area contributed by atoms with E-state index in [1.165, 1.54) is 0 Å². The van der Waals surface area contributed by atoms with Crippen molar-refractivity contribution in [2.75, 3.05) is 68.6 Å². The summed E-state index contributed by atoms with van der Waals surface area (Å²) >= 11 is 0. The Bertz CT molecular complexity index is 2170. The van der Waals surface area contributed by atoms with Crippen molar-refractivity contribution in [3.05, 3.63) is 108 Å². The molecule has 0 amide bonds. The number of benzene rings is 2. The lowest BCUT2D eigenvalue weighted by Crippen LogP contribution is -2.36. The third-order valence-corrected chi connectivity index (χ3v) is 9.17. The molecule has 0 atom stereocenters. The molecule has 2 N–H and O–H groups in total. The zero-order chi connectivity index (χ0) is 36.3. The predicted octanol–water partition coefficient (Wildman–Crippen LogP) is 8.94. The highest BCUT2D eigenvalue weighted by atomic mass is 16.5. The van der Waals surface area contributed by atoms with Gasteiger partial charge in [-0.1, -0.05) is 24.3 Å². The number of quaternary nitrogens is 2. The van der Waals surface area contributed by atoms with E-state index in [1.54, 1.807) is 0 Å². The van der Waals surface area contributed by atoms with Crippen LogP contribution in [0.3, 0.4) is 0 Å². The summed E-state index contributed by atoms with van der Waals surface area (Å²) in [6.45, 7) is 3.52. The Labute approximate surface area is 306 Å². The number of H-pyrrole nitrogens is 2. The van der Waals surface area contributed by atoms with Gasteiger partial charge in [0.15, 0.2) is 0 Å². The zero-order valence-corrected chi connectivity index (χ0v) is 31.2. The van der Waals surface area contributed by atoms with Gasteiger partial charge in [0.25, 0.3) is 0 Å². The fourth-order valence-corrected chi connectivity index (χ4v) is 6.57. The van der Waals surface area contributed by atoms with Crippen LogP contribution in [0.15, 0.2) is 84.9 Å². The summed E-state index contributed by atoms with van der Waals surface area (Å²) in [6.07, 6.45) is 10.3. The average Bonchev–Trinajstić information content (AvgIpc) is 3.93. The molecule has 8 nitrogen and oxygen atoms in total. The molecule has 2 aromatic carbocycles. The lowest BCUT2D eigenvalue weighted by Gasteiger charge is -2.23. The Hall–Kier alpha value is -5.44. The molecule has 52 heavy (non-hydrogen) atoms. The van der Waals surface area contributed by atoms with E-state index in [0.29, 0.717) is 13.2 Å². The van der Waals surface area contributed by atoms with Crippen LogP contribution in [0.25, 0.3) is 68.6 Å². The van der Waals surface area contributed by atoms with Crippen molar-refractivity contribution in [3.8, 4) is 33.8 Å². The molecule has 266 valence electrons. The van der Waals surface area contributed by atoms with Crippen LogP contribution in [-0.2, 0) is 0 Å². The largest absolute Gasteiger partial charge is 0.493 e. The van der Waals surface area contributed by atoms with Crippen LogP contribution in [0, 0.1) is 0 Å². The highest BCUT2D eigenvalue weighted by Crippen LogP contribution is 2.33. The van der Waals surface area contributed by atoms with Crippen molar-refractivity contribution < 1.29 is 18.4 Å². The smallest absolute Gasteiger partial charge is 0.119 e. The van der Waals surface area contributed by atoms with Crippen LogP contribution in [0.2, 0.25) is 0 Å². The quantitative estimate of drug-likeness (QED) is 0.0990. The Morgan fingerprint density at radius 1 is 0.500 bits per heavy atom. The number of hydrogen-bond acceptors (Lipinski definition) is 4. The van der Waals surface area contributed by atoms with Gasteiger partial charge in [-0.15, -0.1) is 0 Å². The molecule has 8 heteroatoms. The molecule has 3 aromatic heterocycles. The zero-order valence-electron chi connectivity index (χ0n) is 31.2. The standard InChI is InChI=1S/C44H50N6O2/c1-49(2,3)25-7-27-51-37-17-9-31(10-18-37)43-39-21-13-33(45-39)29-35-15-23-41(47-35)44(42-24-16-36(48-42)30-34-14-22-40(43)46-34)32-11-19-38(20-12-32)52-28-8-26-50(4,5)6/h9-24,29-30,45-46H,7-8,25-28H2,1-6H3/q+2. The van der Waals surface area contributed by atoms with Gasteiger partial charge in [0, 0.05) is 46.0 Å². The lowest BCUT2D eigenvalue weighted by molar-refractivity contribution is -0.870. The molecule has 0 saturated heterocycles. The Morgan fingerprint density at radius 2 is 0.923 bits per heavy atom. The second-order valence-electron chi connectivity index (χ2n) is 15.7. The average molecular weight is 695 g/mol. The fourth-order valence-electron chi connectivity index (χ4n) is 6.57. The Kier molecular flexibility index (Phi) is 9.86. The predicted molar refractivity (Wildman–Crippen MR) is 216 cm³/mol. The first-order valence-electron chi connectivity index (χ1n) is 18.1. The van der Waals surface area contributed by atoms with Gasteiger partial charge in [-0.3, -0.25) is 0 Å². The number of fused-ring (bicyclic) bond motifs is 8. The van der Waals surface area contributed by atoms with Gasteiger partial charge in [-0.2, -0.15) is 0 Å². The number of nitrogens with one attached hydrogen (secondary N) is 2. The fraction of sp³-hybridized carbons (Fsp3) is 0.273. The van der Waals surface area contributed by atoms with Crippen LogP contribution in [-0.4, -0.2) is 97.5 Å². The molecule has 5 heterocycles. The molecule has 2 aliphatic heterocycles. The van der Waals surface area contributed by atoms with Gasteiger partial charge < -0.3 is 28.4 Å². The van der Waals surface area contributed by atoms with Crippen LogP contribution in [0.4, 0.5) is 0 Å². The van der Waals surface area contributed by atoms with E-state index >= 15 is 0 Å². The van der Waals surface area contributed by atoms with Crippen LogP contribution in [0.5, 0.6) is 11.5 Å². The van der Waals surface area contributed by atoms with E-state index in [4.69, 9.17) is 19.4 Å². The van der Waals surface area contributed by atoms with Gasteiger partial charge in [0.2, 0.25) is 0 Å². The van der Waals surface area contributed by atoms with E-state index in [-0.39, 0.29) is 0 Å². The Morgan fingerprint density at radius 3 is 1.35 bits per heavy atom. The Balaban J connectivity index is 1.25. The second kappa shape index (κ2) is 14.7. The number of ether oxygens (including phenoxy) is 2. The number of nitrogens with zero attached hydrogens (tertiary/aromatic N) is 4. The first kappa shape index (κ1) is 35.0. The maximum absolute atomic E-state index is 6.09. The molecule has 0 aliphatic carbocycles. The molecule has 7 rings (SSSR count). The third kappa shape index (κ3) is 8.70. The van der Waals surface area contributed by atoms with Crippen LogP contribution >= 0.6 is 0 Å². The normalized spacial score (nSPS) is 12.7. The van der Waals surface area contributed by atoms with Gasteiger partial charge in [0.05, 0.1) is 91.4 Å². The number of rotatable bonds is 12. The second-order valence-corrected chi connectivity index (χ2v) is 15.7.